The molecule has 0 aromatic heterocycles. The molecule has 0 heterocycles. The molecule has 0 spiro atoms. The van der Waals surface area contributed by atoms with Crippen molar-refractivity contribution in [1.29, 1.82) is 0 Å². The predicted molar refractivity (Wildman–Crippen MR) is 186 cm³/mol. The van der Waals surface area contributed by atoms with Crippen LogP contribution in [0.4, 0.5) is 0 Å². The molecule has 0 unspecified atom stereocenters. The summed E-state index contributed by atoms with van der Waals surface area (Å²) in [5.74, 6) is -1.94. The van der Waals surface area contributed by atoms with Crippen molar-refractivity contribution >= 4 is 22.1 Å². The van der Waals surface area contributed by atoms with Crippen LogP contribution in [0.5, 0.6) is 0 Å². The number of carbonyl (C=O) groups is 2. The Labute approximate surface area is 329 Å². The minimum Gasteiger partial charge on any atom is -0.744 e. The van der Waals surface area contributed by atoms with Gasteiger partial charge in [0.25, 0.3) is 0 Å². The van der Waals surface area contributed by atoms with E-state index in [1.54, 1.807) is 12.2 Å². The third-order valence-electron chi connectivity index (χ3n) is 8.12. The Balaban J connectivity index is 0.0000212. The zero-order valence-corrected chi connectivity index (χ0v) is 33.7. The number of esters is 2. The summed E-state index contributed by atoms with van der Waals surface area (Å²) in [6.07, 6.45) is 34.2. The average Bonchev–Trinajstić information content (AvgIpc) is 3.04. The van der Waals surface area contributed by atoms with Crippen molar-refractivity contribution in [3.05, 3.63) is 53.6 Å². The second kappa shape index (κ2) is 31.2. The molecule has 0 amide bonds. The van der Waals surface area contributed by atoms with Crippen LogP contribution in [0.15, 0.2) is 47.4 Å². The van der Waals surface area contributed by atoms with Gasteiger partial charge in [-0.25, -0.2) is 18.0 Å². The molecule has 0 N–H and O–H groups in total. The van der Waals surface area contributed by atoms with Gasteiger partial charge in [-0.05, 0) is 37.8 Å². The van der Waals surface area contributed by atoms with Crippen molar-refractivity contribution in [2.45, 2.75) is 160 Å². The molecule has 0 bridgehead atoms. The Hall–Kier alpha value is -0.814. The number of hydrogen-bond acceptors (Lipinski definition) is 7. The molecule has 1 aromatic carbocycles. The van der Waals surface area contributed by atoms with Crippen LogP contribution < -0.4 is 51.4 Å². The number of benzene rings is 1. The van der Waals surface area contributed by atoms with Crippen LogP contribution >= 0.6 is 0 Å². The van der Waals surface area contributed by atoms with Crippen molar-refractivity contribution < 1.29 is 83.4 Å². The van der Waals surface area contributed by atoms with Crippen molar-refractivity contribution in [2.24, 2.45) is 0 Å². The number of carbonyl (C=O) groups excluding carboxylic acids is 2. The molecule has 1 rings (SSSR count). The van der Waals surface area contributed by atoms with Crippen LogP contribution in [-0.2, 0) is 19.6 Å². The first kappa shape index (κ1) is 46.2. The summed E-state index contributed by atoms with van der Waals surface area (Å²) >= 11 is 0. The van der Waals surface area contributed by atoms with E-state index in [1.165, 1.54) is 115 Å². The van der Waals surface area contributed by atoms with E-state index in [2.05, 4.69) is 13.8 Å². The monoisotopic (exact) mass is 700 g/mol. The fourth-order valence-corrected chi connectivity index (χ4v) is 6.08. The fraction of sp³-hybridized carbons (Fsp3) is 0.684. The second-order valence-corrected chi connectivity index (χ2v) is 13.6. The Kier molecular flexibility index (Phi) is 30.6. The Bertz CT molecular complexity index is 1120. The van der Waals surface area contributed by atoms with Crippen LogP contribution in [0.2, 0.25) is 0 Å². The Morgan fingerprint density at radius 1 is 0.596 bits per heavy atom. The topological polar surface area (TPSA) is 110 Å². The molecule has 0 saturated heterocycles. The largest absolute Gasteiger partial charge is 1.00 e. The van der Waals surface area contributed by atoms with Crippen LogP contribution in [0.3, 0.4) is 0 Å². The van der Waals surface area contributed by atoms with Gasteiger partial charge in [0.05, 0.1) is 16.0 Å². The summed E-state index contributed by atoms with van der Waals surface area (Å²) in [6.45, 7) is 4.34. The van der Waals surface area contributed by atoms with Gasteiger partial charge in [-0.3, -0.25) is 0 Å². The third-order valence-corrected chi connectivity index (χ3v) is 9.00. The standard InChI is InChI=1S/C38H62O7S.K/c1-3-5-7-9-11-13-15-17-19-21-23-25-27-32-44-37(39)34-30-29-31-35(46(41,42)43)36(34)38(40)45-33-28-26-24-22-20-18-16-14-12-10-8-6-4-2;/h25-31H,3-24,32-33H2,1-2H3,(H,41,42,43);/q;+1/p-1/b27-25+,28-26+;. The van der Waals surface area contributed by atoms with Gasteiger partial charge in [0.2, 0.25) is 0 Å². The van der Waals surface area contributed by atoms with E-state index in [-0.39, 0.29) is 70.2 Å². The first-order chi connectivity index (χ1) is 22.3. The first-order valence-corrected chi connectivity index (χ1v) is 19.5. The van der Waals surface area contributed by atoms with Gasteiger partial charge in [-0.1, -0.05) is 160 Å². The SMILES string of the molecule is CCCCCCCCCCCC/C=C/COC(=O)c1cccc(S(=O)(=O)[O-])c1C(=O)OC/C=C/CCCCCCCCCCCC.[K+]. The minimum atomic E-state index is -5.03. The molecule has 0 fully saturated rings. The molecular formula is C38H61KO7S. The zero-order valence-electron chi connectivity index (χ0n) is 29.8. The molecule has 47 heavy (non-hydrogen) atoms. The van der Waals surface area contributed by atoms with Gasteiger partial charge in [-0.2, -0.15) is 0 Å². The normalized spacial score (nSPS) is 11.6. The maximum absolute atomic E-state index is 12.9. The van der Waals surface area contributed by atoms with E-state index in [0.29, 0.717) is 0 Å². The summed E-state index contributed by atoms with van der Waals surface area (Å²) in [6, 6.07) is 3.51. The maximum Gasteiger partial charge on any atom is 1.00 e. The van der Waals surface area contributed by atoms with Gasteiger partial charge < -0.3 is 14.0 Å². The summed E-state index contributed by atoms with van der Waals surface area (Å²) < 4.78 is 46.2. The first-order valence-electron chi connectivity index (χ1n) is 18.1. The molecule has 9 heteroatoms. The van der Waals surface area contributed by atoms with Crippen molar-refractivity contribution in [1.82, 2.24) is 0 Å². The molecule has 262 valence electrons. The molecule has 0 aliphatic carbocycles. The average molecular weight is 701 g/mol. The van der Waals surface area contributed by atoms with Crippen molar-refractivity contribution in [3.63, 3.8) is 0 Å². The van der Waals surface area contributed by atoms with Gasteiger partial charge in [0.15, 0.2) is 0 Å². The second-order valence-electron chi connectivity index (χ2n) is 12.2. The van der Waals surface area contributed by atoms with E-state index < -0.39 is 32.5 Å². The van der Waals surface area contributed by atoms with Gasteiger partial charge >= 0.3 is 63.3 Å². The Morgan fingerprint density at radius 2 is 0.979 bits per heavy atom. The fourth-order valence-electron chi connectivity index (χ4n) is 5.39. The molecule has 0 radical (unpaired) electrons. The zero-order chi connectivity index (χ0) is 33.7. The molecule has 0 aliphatic heterocycles. The van der Waals surface area contributed by atoms with Crippen molar-refractivity contribution in [2.75, 3.05) is 13.2 Å². The summed E-state index contributed by atoms with van der Waals surface area (Å²) in [7, 11) is -5.03. The number of allylic oxidation sites excluding steroid dienone is 2. The number of unbranched alkanes of at least 4 members (excludes halogenated alkanes) is 20. The van der Waals surface area contributed by atoms with Gasteiger partial charge in [0, 0.05) is 0 Å². The summed E-state index contributed by atoms with van der Waals surface area (Å²) in [5, 5.41) is 0. The van der Waals surface area contributed by atoms with Crippen LogP contribution in [-0.4, -0.2) is 38.1 Å². The smallest absolute Gasteiger partial charge is 0.744 e. The quantitative estimate of drug-likeness (QED) is 0.0278. The molecule has 1 aromatic rings. The summed E-state index contributed by atoms with van der Waals surface area (Å²) in [5.41, 5.74) is -0.890. The van der Waals surface area contributed by atoms with Crippen LogP contribution in [0.1, 0.15) is 176 Å². The number of hydrogen-bond donors (Lipinski definition) is 0. The molecule has 0 saturated carbocycles. The van der Waals surface area contributed by atoms with E-state index in [9.17, 15) is 22.6 Å². The number of ether oxygens (including phenoxy) is 2. The molecular weight excluding hydrogens is 640 g/mol. The minimum absolute atomic E-state index is 0. The molecule has 0 atom stereocenters. The van der Waals surface area contributed by atoms with Gasteiger partial charge in [0.1, 0.15) is 23.3 Å². The van der Waals surface area contributed by atoms with E-state index in [0.717, 1.165) is 44.6 Å². The summed E-state index contributed by atoms with van der Waals surface area (Å²) in [4.78, 5) is 24.9. The maximum atomic E-state index is 12.9. The van der Waals surface area contributed by atoms with Crippen LogP contribution in [0.25, 0.3) is 0 Å². The number of rotatable bonds is 29. The van der Waals surface area contributed by atoms with E-state index in [1.807, 2.05) is 12.2 Å². The third kappa shape index (κ3) is 24.1. The van der Waals surface area contributed by atoms with E-state index in [4.69, 9.17) is 9.47 Å². The molecule has 0 aliphatic rings. The Morgan fingerprint density at radius 3 is 1.38 bits per heavy atom. The molecule has 7 nitrogen and oxygen atoms in total. The van der Waals surface area contributed by atoms with E-state index >= 15 is 0 Å². The van der Waals surface area contributed by atoms with Crippen LogP contribution in [0, 0.1) is 0 Å². The van der Waals surface area contributed by atoms with Gasteiger partial charge in [-0.15, -0.1) is 0 Å². The van der Waals surface area contributed by atoms with Crippen molar-refractivity contribution in [3.8, 4) is 0 Å². The predicted octanol–water partition coefficient (Wildman–Crippen LogP) is 7.64.